The standard InChI is InChI=1S/C21H20F3N5O2/c1-3-28(20(31)21(22,23)24)13-15-8-7-9-16(12-15)25-19(30)18-14(2)26-29(27-18)17-10-5-4-6-11-17/h4-12H,3,13H2,1-2H3,(H,25,30). The van der Waals surface area contributed by atoms with Crippen molar-refractivity contribution in [3.63, 3.8) is 0 Å². The number of halogens is 3. The van der Waals surface area contributed by atoms with Gasteiger partial charge < -0.3 is 10.2 Å². The first-order chi connectivity index (χ1) is 14.7. The number of aromatic nitrogens is 3. The van der Waals surface area contributed by atoms with E-state index in [2.05, 4.69) is 15.5 Å². The number of para-hydroxylation sites is 1. The molecular formula is C21H20F3N5O2. The third-order valence-corrected chi connectivity index (χ3v) is 4.45. The molecule has 0 atom stereocenters. The first-order valence-electron chi connectivity index (χ1n) is 9.44. The van der Waals surface area contributed by atoms with Crippen LogP contribution in [0.3, 0.4) is 0 Å². The van der Waals surface area contributed by atoms with E-state index in [0.717, 1.165) is 0 Å². The minimum Gasteiger partial charge on any atom is -0.331 e. The van der Waals surface area contributed by atoms with Crippen LogP contribution in [-0.2, 0) is 11.3 Å². The van der Waals surface area contributed by atoms with Gasteiger partial charge in [-0.3, -0.25) is 9.59 Å². The van der Waals surface area contributed by atoms with Gasteiger partial charge in [0.25, 0.3) is 5.91 Å². The highest BCUT2D eigenvalue weighted by atomic mass is 19.4. The number of hydrogen-bond donors (Lipinski definition) is 1. The van der Waals surface area contributed by atoms with Crippen molar-refractivity contribution in [2.75, 3.05) is 11.9 Å². The largest absolute Gasteiger partial charge is 0.471 e. The lowest BCUT2D eigenvalue weighted by atomic mass is 10.1. The molecule has 7 nitrogen and oxygen atoms in total. The van der Waals surface area contributed by atoms with Gasteiger partial charge in [-0.05, 0) is 43.7 Å². The van der Waals surface area contributed by atoms with Crippen LogP contribution in [0.15, 0.2) is 54.6 Å². The Labute approximate surface area is 176 Å². The van der Waals surface area contributed by atoms with E-state index >= 15 is 0 Å². The molecule has 0 spiro atoms. The number of hydrogen-bond acceptors (Lipinski definition) is 4. The predicted octanol–water partition coefficient (Wildman–Crippen LogP) is 3.74. The number of anilines is 1. The monoisotopic (exact) mass is 431 g/mol. The van der Waals surface area contributed by atoms with E-state index in [-0.39, 0.29) is 18.8 Å². The summed E-state index contributed by atoms with van der Waals surface area (Å²) in [6.45, 7) is 2.78. The molecule has 2 amide bonds. The van der Waals surface area contributed by atoms with Gasteiger partial charge in [0.2, 0.25) is 0 Å². The van der Waals surface area contributed by atoms with Crippen molar-refractivity contribution in [2.45, 2.75) is 26.6 Å². The average molecular weight is 431 g/mol. The predicted molar refractivity (Wildman–Crippen MR) is 108 cm³/mol. The first-order valence-corrected chi connectivity index (χ1v) is 9.44. The Hall–Kier alpha value is -3.69. The first kappa shape index (κ1) is 22.0. The molecule has 0 aliphatic heterocycles. The van der Waals surface area contributed by atoms with Crippen molar-refractivity contribution in [2.24, 2.45) is 0 Å². The fourth-order valence-electron chi connectivity index (χ4n) is 2.93. The molecule has 0 radical (unpaired) electrons. The Morgan fingerprint density at radius 1 is 1.06 bits per heavy atom. The summed E-state index contributed by atoms with van der Waals surface area (Å²) in [6.07, 6.45) is -4.94. The minimum atomic E-state index is -4.94. The number of carbonyl (C=O) groups is 2. The summed E-state index contributed by atoms with van der Waals surface area (Å²) in [5.74, 6) is -2.41. The molecule has 0 unspecified atom stereocenters. The number of carbonyl (C=O) groups excluding carboxylic acids is 2. The fraction of sp³-hybridized carbons (Fsp3) is 0.238. The Kier molecular flexibility index (Phi) is 6.38. The van der Waals surface area contributed by atoms with Gasteiger partial charge in [-0.25, -0.2) is 0 Å². The second kappa shape index (κ2) is 8.99. The molecule has 31 heavy (non-hydrogen) atoms. The molecule has 0 fully saturated rings. The molecule has 0 aliphatic carbocycles. The van der Waals surface area contributed by atoms with E-state index < -0.39 is 18.0 Å². The lowest BCUT2D eigenvalue weighted by molar-refractivity contribution is -0.185. The van der Waals surface area contributed by atoms with E-state index in [1.807, 2.05) is 18.2 Å². The summed E-state index contributed by atoms with van der Waals surface area (Å²) in [7, 11) is 0. The highest BCUT2D eigenvalue weighted by Crippen LogP contribution is 2.21. The Bertz CT molecular complexity index is 1080. The zero-order valence-electron chi connectivity index (χ0n) is 16.8. The van der Waals surface area contributed by atoms with E-state index in [1.54, 1.807) is 37.3 Å². The molecule has 3 aromatic rings. The Morgan fingerprint density at radius 3 is 2.42 bits per heavy atom. The van der Waals surface area contributed by atoms with E-state index in [9.17, 15) is 22.8 Å². The third-order valence-electron chi connectivity index (χ3n) is 4.45. The van der Waals surface area contributed by atoms with E-state index in [0.29, 0.717) is 27.5 Å². The molecule has 1 heterocycles. The maximum atomic E-state index is 12.7. The molecule has 0 bridgehead atoms. The Balaban J connectivity index is 1.75. The number of nitrogens with one attached hydrogen (secondary N) is 1. The van der Waals surface area contributed by atoms with Crippen LogP contribution in [0, 0.1) is 6.92 Å². The van der Waals surface area contributed by atoms with Crippen LogP contribution in [0.1, 0.15) is 28.7 Å². The maximum Gasteiger partial charge on any atom is 0.471 e. The quantitative estimate of drug-likeness (QED) is 0.645. The van der Waals surface area contributed by atoms with Gasteiger partial charge in [0, 0.05) is 18.8 Å². The molecule has 3 rings (SSSR count). The molecule has 1 aromatic heterocycles. The van der Waals surface area contributed by atoms with Gasteiger partial charge in [0.1, 0.15) is 0 Å². The van der Waals surface area contributed by atoms with Gasteiger partial charge in [-0.15, -0.1) is 5.10 Å². The zero-order chi connectivity index (χ0) is 22.6. The number of aryl methyl sites for hydroxylation is 1. The molecule has 1 N–H and O–H groups in total. The summed E-state index contributed by atoms with van der Waals surface area (Å²) in [5, 5.41) is 11.1. The SMILES string of the molecule is CCN(Cc1cccc(NC(=O)c2nn(-c3ccccc3)nc2C)c1)C(=O)C(F)(F)F. The van der Waals surface area contributed by atoms with Crippen molar-refractivity contribution in [3.05, 3.63) is 71.5 Å². The molecule has 10 heteroatoms. The summed E-state index contributed by atoms with van der Waals surface area (Å²) in [4.78, 5) is 26.2. The van der Waals surface area contributed by atoms with Gasteiger partial charge in [0.15, 0.2) is 5.69 Å². The molecular weight excluding hydrogens is 411 g/mol. The summed E-state index contributed by atoms with van der Waals surface area (Å²) in [5.41, 5.74) is 2.05. The summed E-state index contributed by atoms with van der Waals surface area (Å²) >= 11 is 0. The highest BCUT2D eigenvalue weighted by molar-refractivity contribution is 6.03. The van der Waals surface area contributed by atoms with E-state index in [4.69, 9.17) is 0 Å². The second-order valence-electron chi connectivity index (χ2n) is 6.73. The van der Waals surface area contributed by atoms with Gasteiger partial charge in [-0.1, -0.05) is 30.3 Å². The van der Waals surface area contributed by atoms with Crippen LogP contribution >= 0.6 is 0 Å². The molecule has 162 valence electrons. The number of alkyl halides is 3. The summed E-state index contributed by atoms with van der Waals surface area (Å²) < 4.78 is 38.2. The van der Waals surface area contributed by atoms with E-state index in [1.165, 1.54) is 17.8 Å². The van der Waals surface area contributed by atoms with Crippen molar-refractivity contribution in [1.82, 2.24) is 19.9 Å². The average Bonchev–Trinajstić information content (AvgIpc) is 3.13. The zero-order valence-corrected chi connectivity index (χ0v) is 16.8. The Morgan fingerprint density at radius 2 is 1.77 bits per heavy atom. The minimum absolute atomic E-state index is 0.100. The normalized spacial score (nSPS) is 11.3. The number of benzene rings is 2. The molecule has 2 aromatic carbocycles. The number of nitrogens with zero attached hydrogens (tertiary/aromatic N) is 4. The molecule has 0 saturated carbocycles. The van der Waals surface area contributed by atoms with Crippen LogP contribution < -0.4 is 5.32 Å². The van der Waals surface area contributed by atoms with Crippen molar-refractivity contribution < 1.29 is 22.8 Å². The second-order valence-corrected chi connectivity index (χ2v) is 6.73. The number of rotatable bonds is 6. The third kappa shape index (κ3) is 5.27. The van der Waals surface area contributed by atoms with Crippen molar-refractivity contribution >= 4 is 17.5 Å². The van der Waals surface area contributed by atoms with Crippen LogP contribution in [0.5, 0.6) is 0 Å². The van der Waals surface area contributed by atoms with Gasteiger partial charge in [0.05, 0.1) is 11.4 Å². The van der Waals surface area contributed by atoms with Crippen LogP contribution in [0.2, 0.25) is 0 Å². The van der Waals surface area contributed by atoms with Crippen LogP contribution in [0.4, 0.5) is 18.9 Å². The molecule has 0 saturated heterocycles. The fourth-order valence-corrected chi connectivity index (χ4v) is 2.93. The van der Waals surface area contributed by atoms with Crippen molar-refractivity contribution in [3.8, 4) is 5.69 Å². The molecule has 0 aliphatic rings. The lowest BCUT2D eigenvalue weighted by Gasteiger charge is -2.22. The van der Waals surface area contributed by atoms with Crippen molar-refractivity contribution in [1.29, 1.82) is 0 Å². The van der Waals surface area contributed by atoms with Crippen LogP contribution in [0.25, 0.3) is 5.69 Å². The van der Waals surface area contributed by atoms with Gasteiger partial charge in [-0.2, -0.15) is 23.1 Å². The highest BCUT2D eigenvalue weighted by Gasteiger charge is 2.41. The van der Waals surface area contributed by atoms with Gasteiger partial charge >= 0.3 is 12.1 Å². The van der Waals surface area contributed by atoms with Crippen LogP contribution in [-0.4, -0.2) is 44.4 Å². The summed E-state index contributed by atoms with van der Waals surface area (Å²) in [6, 6.07) is 15.4. The number of amides is 2. The lowest BCUT2D eigenvalue weighted by Crippen LogP contribution is -2.40. The maximum absolute atomic E-state index is 12.7. The smallest absolute Gasteiger partial charge is 0.331 e. The topological polar surface area (TPSA) is 80.1 Å².